The fourth-order valence-corrected chi connectivity index (χ4v) is 2.47. The van der Waals surface area contributed by atoms with Crippen LogP contribution in [0.4, 0.5) is 0 Å². The predicted molar refractivity (Wildman–Crippen MR) is 64.1 cm³/mol. The summed E-state index contributed by atoms with van der Waals surface area (Å²) in [6, 6.07) is -0.0956. The van der Waals surface area contributed by atoms with E-state index in [-0.39, 0.29) is 29.2 Å². The van der Waals surface area contributed by atoms with E-state index in [9.17, 15) is 4.79 Å². The predicted octanol–water partition coefficient (Wildman–Crippen LogP) is 1.19. The summed E-state index contributed by atoms with van der Waals surface area (Å²) in [7, 11) is 0. The average Bonchev–Trinajstić information content (AvgIpc) is 2.29. The molecule has 1 aliphatic heterocycles. The van der Waals surface area contributed by atoms with E-state index in [0.717, 1.165) is 6.42 Å². The second-order valence-corrected chi connectivity index (χ2v) is 5.75. The molecule has 0 radical (unpaired) electrons. The fourth-order valence-electron chi connectivity index (χ4n) is 2.47. The van der Waals surface area contributed by atoms with Gasteiger partial charge in [0.2, 0.25) is 5.91 Å². The van der Waals surface area contributed by atoms with E-state index in [1.807, 2.05) is 20.8 Å². The molecule has 3 N–H and O–H groups in total. The number of carbonyl (C=O) groups excluding carboxylic acids is 1. The van der Waals surface area contributed by atoms with Crippen molar-refractivity contribution >= 4 is 5.91 Å². The molecular weight excluding hydrogens is 204 g/mol. The maximum Gasteiger partial charge on any atom is 0.234 e. The van der Waals surface area contributed by atoms with Gasteiger partial charge in [0, 0.05) is 6.04 Å². The van der Waals surface area contributed by atoms with Crippen LogP contribution < -0.4 is 11.1 Å². The summed E-state index contributed by atoms with van der Waals surface area (Å²) in [6.07, 6.45) is 1.60. The van der Waals surface area contributed by atoms with Gasteiger partial charge in [-0.3, -0.25) is 4.79 Å². The lowest BCUT2D eigenvalue weighted by Crippen LogP contribution is -2.52. The first-order chi connectivity index (χ1) is 7.18. The van der Waals surface area contributed by atoms with Crippen LogP contribution in [0.15, 0.2) is 0 Å². The SMILES string of the molecule is CC[C@H](N[C@H]1CC(C)(C)OC1(C)C)C(N)=O. The van der Waals surface area contributed by atoms with Gasteiger partial charge in [-0.15, -0.1) is 0 Å². The van der Waals surface area contributed by atoms with Crippen LogP contribution in [-0.2, 0) is 9.53 Å². The summed E-state index contributed by atoms with van der Waals surface area (Å²) in [5, 5.41) is 3.31. The summed E-state index contributed by atoms with van der Waals surface area (Å²) >= 11 is 0. The lowest BCUT2D eigenvalue weighted by molar-refractivity contribution is -0.120. The van der Waals surface area contributed by atoms with Gasteiger partial charge in [0.1, 0.15) is 0 Å². The number of nitrogens with one attached hydrogen (secondary N) is 1. The molecule has 94 valence electrons. The summed E-state index contributed by atoms with van der Waals surface area (Å²) in [4.78, 5) is 11.2. The Morgan fingerprint density at radius 2 is 2.06 bits per heavy atom. The van der Waals surface area contributed by atoms with Gasteiger partial charge >= 0.3 is 0 Å². The third-order valence-electron chi connectivity index (χ3n) is 3.23. The van der Waals surface area contributed by atoms with Crippen LogP contribution in [-0.4, -0.2) is 29.2 Å². The van der Waals surface area contributed by atoms with E-state index in [0.29, 0.717) is 6.42 Å². The molecule has 0 spiro atoms. The number of nitrogens with two attached hydrogens (primary N) is 1. The molecule has 4 nitrogen and oxygen atoms in total. The maximum absolute atomic E-state index is 11.2. The highest BCUT2D eigenvalue weighted by molar-refractivity contribution is 5.79. The second-order valence-electron chi connectivity index (χ2n) is 5.75. The van der Waals surface area contributed by atoms with Crippen LogP contribution in [0.1, 0.15) is 47.5 Å². The lowest BCUT2D eigenvalue weighted by atomic mass is 9.93. The highest BCUT2D eigenvalue weighted by atomic mass is 16.5. The topological polar surface area (TPSA) is 64.3 Å². The summed E-state index contributed by atoms with van der Waals surface area (Å²) < 4.78 is 5.96. The van der Waals surface area contributed by atoms with Crippen LogP contribution in [0.5, 0.6) is 0 Å². The normalized spacial score (nSPS) is 28.9. The molecule has 1 amide bonds. The molecular formula is C12H24N2O2. The molecule has 0 unspecified atom stereocenters. The molecule has 1 heterocycles. The third-order valence-corrected chi connectivity index (χ3v) is 3.23. The van der Waals surface area contributed by atoms with Crippen LogP contribution >= 0.6 is 0 Å². The Balaban J connectivity index is 2.70. The quantitative estimate of drug-likeness (QED) is 0.759. The molecule has 0 aromatic rings. The minimum absolute atomic E-state index is 0.142. The van der Waals surface area contributed by atoms with Gasteiger partial charge in [-0.2, -0.15) is 0 Å². The first kappa shape index (κ1) is 13.5. The molecule has 4 heteroatoms. The maximum atomic E-state index is 11.2. The highest BCUT2D eigenvalue weighted by Crippen LogP contribution is 2.37. The van der Waals surface area contributed by atoms with Crippen molar-refractivity contribution in [2.24, 2.45) is 5.73 Å². The van der Waals surface area contributed by atoms with Gasteiger partial charge in [-0.25, -0.2) is 0 Å². The van der Waals surface area contributed by atoms with Crippen molar-refractivity contribution in [3.05, 3.63) is 0 Å². The van der Waals surface area contributed by atoms with Gasteiger partial charge in [0.25, 0.3) is 0 Å². The van der Waals surface area contributed by atoms with Gasteiger partial charge in [0.15, 0.2) is 0 Å². The van der Waals surface area contributed by atoms with E-state index >= 15 is 0 Å². The van der Waals surface area contributed by atoms with Crippen LogP contribution in [0.2, 0.25) is 0 Å². The molecule has 1 aliphatic rings. The van der Waals surface area contributed by atoms with Gasteiger partial charge < -0.3 is 15.8 Å². The van der Waals surface area contributed by atoms with Crippen molar-refractivity contribution < 1.29 is 9.53 Å². The van der Waals surface area contributed by atoms with E-state index < -0.39 is 0 Å². The number of hydrogen-bond donors (Lipinski definition) is 2. The number of primary amides is 1. The Labute approximate surface area is 97.9 Å². The fraction of sp³-hybridized carbons (Fsp3) is 0.917. The molecule has 0 bridgehead atoms. The zero-order valence-corrected chi connectivity index (χ0v) is 11.0. The third kappa shape index (κ3) is 2.95. The molecule has 0 aromatic heterocycles. The minimum Gasteiger partial charge on any atom is -0.368 e. The van der Waals surface area contributed by atoms with E-state index in [1.165, 1.54) is 0 Å². The largest absolute Gasteiger partial charge is 0.368 e. The number of amides is 1. The summed E-state index contributed by atoms with van der Waals surface area (Å²) in [5.74, 6) is -0.289. The van der Waals surface area contributed by atoms with Crippen LogP contribution in [0.25, 0.3) is 0 Å². The van der Waals surface area contributed by atoms with Crippen LogP contribution in [0.3, 0.4) is 0 Å². The zero-order chi connectivity index (χ0) is 12.6. The molecule has 1 saturated heterocycles. The van der Waals surface area contributed by atoms with Crippen molar-refractivity contribution in [3.8, 4) is 0 Å². The molecule has 1 fully saturated rings. The van der Waals surface area contributed by atoms with E-state index in [1.54, 1.807) is 0 Å². The molecule has 2 atom stereocenters. The first-order valence-corrected chi connectivity index (χ1v) is 5.93. The number of rotatable bonds is 4. The van der Waals surface area contributed by atoms with E-state index in [4.69, 9.17) is 10.5 Å². The van der Waals surface area contributed by atoms with Crippen LogP contribution in [0, 0.1) is 0 Å². The minimum atomic E-state index is -0.289. The Bertz CT molecular complexity index is 274. The Hall–Kier alpha value is -0.610. The monoisotopic (exact) mass is 228 g/mol. The number of hydrogen-bond acceptors (Lipinski definition) is 3. The van der Waals surface area contributed by atoms with Crippen molar-refractivity contribution in [1.82, 2.24) is 5.32 Å². The lowest BCUT2D eigenvalue weighted by Gasteiger charge is -2.29. The van der Waals surface area contributed by atoms with Crippen molar-refractivity contribution in [1.29, 1.82) is 0 Å². The average molecular weight is 228 g/mol. The van der Waals surface area contributed by atoms with Crippen molar-refractivity contribution in [3.63, 3.8) is 0 Å². The molecule has 0 aliphatic carbocycles. The van der Waals surface area contributed by atoms with Crippen molar-refractivity contribution in [2.75, 3.05) is 0 Å². The number of ether oxygens (including phenoxy) is 1. The number of carbonyl (C=O) groups is 1. The van der Waals surface area contributed by atoms with Gasteiger partial charge in [0.05, 0.1) is 17.2 Å². The standard InChI is InChI=1S/C12H24N2O2/c1-6-8(10(13)15)14-9-7-11(2,3)16-12(9,4)5/h8-9,14H,6-7H2,1-5H3,(H2,13,15)/t8-,9-/m0/s1. The molecule has 0 aromatic carbocycles. The van der Waals surface area contributed by atoms with E-state index in [2.05, 4.69) is 19.2 Å². The van der Waals surface area contributed by atoms with Crippen molar-refractivity contribution in [2.45, 2.75) is 70.7 Å². The molecule has 16 heavy (non-hydrogen) atoms. The summed E-state index contributed by atoms with van der Waals surface area (Å²) in [6.45, 7) is 10.2. The smallest absolute Gasteiger partial charge is 0.234 e. The Morgan fingerprint density at radius 1 is 1.50 bits per heavy atom. The first-order valence-electron chi connectivity index (χ1n) is 5.93. The molecule has 1 rings (SSSR count). The Kier molecular flexibility index (Phi) is 3.65. The molecule has 0 saturated carbocycles. The van der Waals surface area contributed by atoms with Gasteiger partial charge in [-0.1, -0.05) is 6.92 Å². The Morgan fingerprint density at radius 3 is 2.38 bits per heavy atom. The summed E-state index contributed by atoms with van der Waals surface area (Å²) in [5.41, 5.74) is 4.94. The highest BCUT2D eigenvalue weighted by Gasteiger charge is 2.46. The zero-order valence-electron chi connectivity index (χ0n) is 11.0. The van der Waals surface area contributed by atoms with Gasteiger partial charge in [-0.05, 0) is 40.5 Å². The second kappa shape index (κ2) is 4.34.